The Bertz CT molecular complexity index is 357. The Balaban J connectivity index is 2.55. The molecular weight excluding hydrogens is 170 g/mol. The lowest BCUT2D eigenvalue weighted by Crippen LogP contribution is -2.41. The first-order chi connectivity index (χ1) is 6.24. The molecule has 1 aromatic rings. The van der Waals surface area contributed by atoms with Crippen LogP contribution in [0.3, 0.4) is 0 Å². The summed E-state index contributed by atoms with van der Waals surface area (Å²) in [6, 6.07) is 0. The Morgan fingerprint density at radius 2 is 2.46 bits per heavy atom. The summed E-state index contributed by atoms with van der Waals surface area (Å²) in [5, 5.41) is 11.6. The van der Waals surface area contributed by atoms with E-state index in [1.54, 1.807) is 10.9 Å². The van der Waals surface area contributed by atoms with Gasteiger partial charge in [-0.25, -0.2) is 0 Å². The van der Waals surface area contributed by atoms with Crippen molar-refractivity contribution >= 4 is 5.91 Å². The number of nitrogens with one attached hydrogen (secondary N) is 2. The minimum Gasteiger partial charge on any atom is -0.392 e. The monoisotopic (exact) mass is 181 g/mol. The number of nitrogens with zero attached hydrogens (tertiary/aromatic N) is 1. The number of amides is 1. The standard InChI is InChI=1S/C8H11N3O2/c1-5-6(3-12)2-11-7(5)8(13)9-4-10-11/h2,10,12H,3-4H2,1H3,(H,9,13). The van der Waals surface area contributed by atoms with Crippen LogP contribution in [0.1, 0.15) is 21.6 Å². The number of aliphatic hydroxyl groups excluding tert-OH is 1. The first-order valence-electron chi connectivity index (χ1n) is 4.08. The van der Waals surface area contributed by atoms with Crippen molar-refractivity contribution in [2.45, 2.75) is 13.5 Å². The number of hydrogen-bond donors (Lipinski definition) is 3. The normalized spacial score (nSPS) is 14.8. The van der Waals surface area contributed by atoms with Gasteiger partial charge in [-0.05, 0) is 12.5 Å². The SMILES string of the molecule is Cc1c(CO)cn2c1C(=O)NCN2. The van der Waals surface area contributed by atoms with Gasteiger partial charge in [-0.2, -0.15) is 0 Å². The molecular formula is C8H11N3O2. The third-order valence-corrected chi connectivity index (χ3v) is 2.25. The van der Waals surface area contributed by atoms with Gasteiger partial charge in [-0.1, -0.05) is 0 Å². The largest absolute Gasteiger partial charge is 0.392 e. The van der Waals surface area contributed by atoms with Crippen molar-refractivity contribution in [3.8, 4) is 0 Å². The lowest BCUT2D eigenvalue weighted by molar-refractivity contribution is 0.0936. The van der Waals surface area contributed by atoms with Crippen LogP contribution < -0.4 is 10.7 Å². The van der Waals surface area contributed by atoms with Crippen LogP contribution in [0.25, 0.3) is 0 Å². The number of aliphatic hydroxyl groups is 1. The fourth-order valence-electron chi connectivity index (χ4n) is 1.50. The van der Waals surface area contributed by atoms with E-state index in [0.29, 0.717) is 12.4 Å². The van der Waals surface area contributed by atoms with E-state index in [0.717, 1.165) is 11.1 Å². The summed E-state index contributed by atoms with van der Waals surface area (Å²) >= 11 is 0. The zero-order chi connectivity index (χ0) is 9.42. The van der Waals surface area contributed by atoms with Crippen LogP contribution in [0, 0.1) is 6.92 Å². The van der Waals surface area contributed by atoms with E-state index in [4.69, 9.17) is 5.11 Å². The van der Waals surface area contributed by atoms with Gasteiger partial charge in [0.25, 0.3) is 5.91 Å². The summed E-state index contributed by atoms with van der Waals surface area (Å²) in [4.78, 5) is 11.4. The van der Waals surface area contributed by atoms with Crippen molar-refractivity contribution in [3.63, 3.8) is 0 Å². The van der Waals surface area contributed by atoms with Crippen LogP contribution in [-0.4, -0.2) is 22.4 Å². The Kier molecular flexibility index (Phi) is 1.73. The zero-order valence-electron chi connectivity index (χ0n) is 7.29. The van der Waals surface area contributed by atoms with E-state index in [-0.39, 0.29) is 12.5 Å². The third kappa shape index (κ3) is 1.08. The maximum atomic E-state index is 11.4. The van der Waals surface area contributed by atoms with Crippen molar-refractivity contribution in [2.75, 3.05) is 12.1 Å². The molecule has 0 bridgehead atoms. The molecule has 1 aliphatic heterocycles. The minimum absolute atomic E-state index is 0.0409. The lowest BCUT2D eigenvalue weighted by Gasteiger charge is -2.18. The van der Waals surface area contributed by atoms with Crippen molar-refractivity contribution in [1.82, 2.24) is 9.99 Å². The summed E-state index contributed by atoms with van der Waals surface area (Å²) in [5.74, 6) is -0.101. The molecule has 2 rings (SSSR count). The van der Waals surface area contributed by atoms with Gasteiger partial charge in [0.1, 0.15) is 12.4 Å². The second-order valence-corrected chi connectivity index (χ2v) is 3.00. The average Bonchev–Trinajstić information content (AvgIpc) is 2.44. The molecule has 5 nitrogen and oxygen atoms in total. The maximum Gasteiger partial charge on any atom is 0.271 e. The van der Waals surface area contributed by atoms with Crippen LogP contribution in [0.5, 0.6) is 0 Å². The Hall–Kier alpha value is -1.49. The second-order valence-electron chi connectivity index (χ2n) is 3.00. The highest BCUT2D eigenvalue weighted by Gasteiger charge is 2.21. The molecule has 0 spiro atoms. The highest BCUT2D eigenvalue weighted by atomic mass is 16.3. The van der Waals surface area contributed by atoms with E-state index in [9.17, 15) is 4.79 Å². The van der Waals surface area contributed by atoms with Crippen LogP contribution in [0.15, 0.2) is 6.20 Å². The Morgan fingerprint density at radius 3 is 3.08 bits per heavy atom. The molecule has 1 amide bonds. The summed E-state index contributed by atoms with van der Waals surface area (Å²) in [6.45, 7) is 2.20. The molecule has 0 fully saturated rings. The number of aromatic nitrogens is 1. The summed E-state index contributed by atoms with van der Waals surface area (Å²) in [6.07, 6.45) is 1.74. The first kappa shape index (κ1) is 8.12. The smallest absolute Gasteiger partial charge is 0.271 e. The molecule has 0 aliphatic carbocycles. The van der Waals surface area contributed by atoms with E-state index >= 15 is 0 Å². The predicted octanol–water partition coefficient (Wildman–Crippen LogP) is -0.467. The minimum atomic E-state index is -0.101. The molecule has 0 saturated heterocycles. The second kappa shape index (κ2) is 2.77. The third-order valence-electron chi connectivity index (χ3n) is 2.25. The first-order valence-corrected chi connectivity index (χ1v) is 4.08. The van der Waals surface area contributed by atoms with Gasteiger partial charge < -0.3 is 15.8 Å². The van der Waals surface area contributed by atoms with Gasteiger partial charge in [0.2, 0.25) is 0 Å². The highest BCUT2D eigenvalue weighted by Crippen LogP contribution is 2.16. The Morgan fingerprint density at radius 1 is 1.69 bits per heavy atom. The number of carbonyl (C=O) groups is 1. The van der Waals surface area contributed by atoms with Crippen molar-refractivity contribution in [2.24, 2.45) is 0 Å². The van der Waals surface area contributed by atoms with Crippen molar-refractivity contribution in [3.05, 3.63) is 23.0 Å². The summed E-state index contributed by atoms with van der Waals surface area (Å²) in [5.41, 5.74) is 5.14. The molecule has 13 heavy (non-hydrogen) atoms. The van der Waals surface area contributed by atoms with E-state index in [1.165, 1.54) is 0 Å². The lowest BCUT2D eigenvalue weighted by atomic mass is 10.2. The molecule has 3 N–H and O–H groups in total. The molecule has 5 heteroatoms. The molecule has 1 aromatic heterocycles. The number of fused-ring (bicyclic) bond motifs is 1. The maximum absolute atomic E-state index is 11.4. The van der Waals surface area contributed by atoms with Crippen molar-refractivity contribution in [1.29, 1.82) is 0 Å². The molecule has 0 unspecified atom stereocenters. The van der Waals surface area contributed by atoms with E-state index in [1.807, 2.05) is 6.92 Å². The summed E-state index contributed by atoms with van der Waals surface area (Å²) < 4.78 is 1.65. The van der Waals surface area contributed by atoms with Gasteiger partial charge in [-0.3, -0.25) is 9.47 Å². The van der Waals surface area contributed by atoms with Gasteiger partial charge in [0.15, 0.2) is 0 Å². The average molecular weight is 181 g/mol. The molecule has 0 radical (unpaired) electrons. The molecule has 1 aliphatic rings. The highest BCUT2D eigenvalue weighted by molar-refractivity contribution is 5.95. The topological polar surface area (TPSA) is 66.3 Å². The number of rotatable bonds is 1. The number of hydrogen-bond acceptors (Lipinski definition) is 3. The molecule has 70 valence electrons. The van der Waals surface area contributed by atoms with Crippen LogP contribution in [0.2, 0.25) is 0 Å². The summed E-state index contributed by atoms with van der Waals surface area (Å²) in [7, 11) is 0. The Labute approximate surface area is 75.3 Å². The van der Waals surface area contributed by atoms with Gasteiger partial charge in [0.05, 0.1) is 6.61 Å². The van der Waals surface area contributed by atoms with Crippen LogP contribution >= 0.6 is 0 Å². The predicted molar refractivity (Wildman–Crippen MR) is 46.8 cm³/mol. The number of carbonyl (C=O) groups excluding carboxylic acids is 1. The molecule has 0 aromatic carbocycles. The van der Waals surface area contributed by atoms with E-state index < -0.39 is 0 Å². The molecule has 0 atom stereocenters. The molecule has 2 heterocycles. The van der Waals surface area contributed by atoms with Crippen LogP contribution in [-0.2, 0) is 6.61 Å². The van der Waals surface area contributed by atoms with Gasteiger partial charge in [-0.15, -0.1) is 0 Å². The van der Waals surface area contributed by atoms with Gasteiger partial charge >= 0.3 is 0 Å². The van der Waals surface area contributed by atoms with Crippen LogP contribution in [0.4, 0.5) is 0 Å². The zero-order valence-corrected chi connectivity index (χ0v) is 7.29. The van der Waals surface area contributed by atoms with E-state index in [2.05, 4.69) is 10.7 Å². The fraction of sp³-hybridized carbons (Fsp3) is 0.375. The van der Waals surface area contributed by atoms with Gasteiger partial charge in [0, 0.05) is 11.8 Å². The quantitative estimate of drug-likeness (QED) is 0.549. The van der Waals surface area contributed by atoms with Crippen molar-refractivity contribution < 1.29 is 9.90 Å². The molecule has 0 saturated carbocycles. The fourth-order valence-corrected chi connectivity index (χ4v) is 1.50.